The van der Waals surface area contributed by atoms with Crippen molar-refractivity contribution in [3.05, 3.63) is 0 Å². The lowest BCUT2D eigenvalue weighted by Gasteiger charge is -2.27. The first-order valence-electron chi connectivity index (χ1n) is 5.64. The van der Waals surface area contributed by atoms with Gasteiger partial charge in [0.1, 0.15) is 0 Å². The molecule has 1 aliphatic heterocycles. The third-order valence-corrected chi connectivity index (χ3v) is 3.77. The number of hydrogen-bond donors (Lipinski definition) is 1. The topological polar surface area (TPSA) is 32.3 Å². The Balaban J connectivity index is 2.50. The van der Waals surface area contributed by atoms with Crippen LogP contribution in [0.2, 0.25) is 0 Å². The van der Waals surface area contributed by atoms with Crippen LogP contribution < -0.4 is 5.32 Å². The number of thioether (sulfide) groups is 1. The fourth-order valence-electron chi connectivity index (χ4n) is 2.18. The van der Waals surface area contributed by atoms with E-state index in [2.05, 4.69) is 16.5 Å². The average Bonchev–Trinajstić information content (AvgIpc) is 2.66. The number of likely N-dealkylation sites (tertiary alicyclic amines) is 1. The van der Waals surface area contributed by atoms with Gasteiger partial charge in [0.05, 0.1) is 0 Å². The SMILES string of the molecule is CNCC1CCCN1C(=O)C(C)CSC. The molecule has 0 spiro atoms. The monoisotopic (exact) mass is 230 g/mol. The van der Waals surface area contributed by atoms with E-state index in [1.54, 1.807) is 11.8 Å². The van der Waals surface area contributed by atoms with Gasteiger partial charge in [-0.3, -0.25) is 4.79 Å². The molecule has 0 aromatic rings. The number of likely N-dealkylation sites (N-methyl/N-ethyl adjacent to an activating group) is 1. The minimum Gasteiger partial charge on any atom is -0.338 e. The molecule has 1 heterocycles. The van der Waals surface area contributed by atoms with Crippen molar-refractivity contribution >= 4 is 17.7 Å². The molecule has 15 heavy (non-hydrogen) atoms. The summed E-state index contributed by atoms with van der Waals surface area (Å²) in [6.07, 6.45) is 4.36. The second-order valence-corrected chi connectivity index (χ2v) is 5.15. The maximum atomic E-state index is 12.1. The van der Waals surface area contributed by atoms with Crippen LogP contribution in [0.15, 0.2) is 0 Å². The van der Waals surface area contributed by atoms with Crippen molar-refractivity contribution < 1.29 is 4.79 Å². The van der Waals surface area contributed by atoms with E-state index in [1.165, 1.54) is 0 Å². The van der Waals surface area contributed by atoms with Crippen LogP contribution in [0.3, 0.4) is 0 Å². The summed E-state index contributed by atoms with van der Waals surface area (Å²) in [6.45, 7) is 3.91. The van der Waals surface area contributed by atoms with Crippen molar-refractivity contribution in [1.82, 2.24) is 10.2 Å². The van der Waals surface area contributed by atoms with Crippen LogP contribution in [0.5, 0.6) is 0 Å². The summed E-state index contributed by atoms with van der Waals surface area (Å²) in [6, 6.07) is 0.423. The molecule has 88 valence electrons. The van der Waals surface area contributed by atoms with E-state index < -0.39 is 0 Å². The van der Waals surface area contributed by atoms with E-state index in [1.807, 2.05) is 14.0 Å². The van der Waals surface area contributed by atoms with Crippen LogP contribution in [0.1, 0.15) is 19.8 Å². The van der Waals surface area contributed by atoms with Gasteiger partial charge in [0, 0.05) is 30.8 Å². The summed E-state index contributed by atoms with van der Waals surface area (Å²) in [7, 11) is 1.95. The van der Waals surface area contributed by atoms with Gasteiger partial charge >= 0.3 is 0 Å². The predicted octanol–water partition coefficient (Wildman–Crippen LogP) is 1.20. The number of carbonyl (C=O) groups is 1. The van der Waals surface area contributed by atoms with Gasteiger partial charge in [-0.05, 0) is 26.1 Å². The first-order chi connectivity index (χ1) is 7.20. The summed E-state index contributed by atoms with van der Waals surface area (Å²) in [4.78, 5) is 14.2. The Bertz CT molecular complexity index is 211. The van der Waals surface area contributed by atoms with E-state index >= 15 is 0 Å². The van der Waals surface area contributed by atoms with Crippen molar-refractivity contribution in [2.24, 2.45) is 5.92 Å². The molecule has 1 amide bonds. The van der Waals surface area contributed by atoms with Gasteiger partial charge < -0.3 is 10.2 Å². The van der Waals surface area contributed by atoms with Crippen LogP contribution in [0.4, 0.5) is 0 Å². The van der Waals surface area contributed by atoms with Crippen molar-refractivity contribution in [3.8, 4) is 0 Å². The van der Waals surface area contributed by atoms with Gasteiger partial charge in [0.2, 0.25) is 5.91 Å². The first-order valence-corrected chi connectivity index (χ1v) is 7.04. The molecule has 0 radical (unpaired) electrons. The Morgan fingerprint density at radius 1 is 1.67 bits per heavy atom. The van der Waals surface area contributed by atoms with Crippen molar-refractivity contribution in [2.45, 2.75) is 25.8 Å². The molecule has 4 heteroatoms. The molecule has 2 atom stereocenters. The highest BCUT2D eigenvalue weighted by Gasteiger charge is 2.30. The number of rotatable bonds is 5. The van der Waals surface area contributed by atoms with Crippen molar-refractivity contribution in [1.29, 1.82) is 0 Å². The molecule has 0 aliphatic carbocycles. The molecule has 1 saturated heterocycles. The van der Waals surface area contributed by atoms with Gasteiger partial charge in [-0.15, -0.1) is 0 Å². The zero-order chi connectivity index (χ0) is 11.3. The number of hydrogen-bond acceptors (Lipinski definition) is 3. The van der Waals surface area contributed by atoms with Crippen molar-refractivity contribution in [2.75, 3.05) is 32.1 Å². The predicted molar refractivity (Wildman–Crippen MR) is 66.2 cm³/mol. The smallest absolute Gasteiger partial charge is 0.226 e. The number of nitrogens with zero attached hydrogens (tertiary/aromatic N) is 1. The molecular formula is C11H22N2OS. The molecule has 0 bridgehead atoms. The normalized spacial score (nSPS) is 23.1. The van der Waals surface area contributed by atoms with Crippen LogP contribution in [-0.4, -0.2) is 49.0 Å². The van der Waals surface area contributed by atoms with E-state index in [-0.39, 0.29) is 5.92 Å². The molecule has 1 fully saturated rings. The standard InChI is InChI=1S/C11H22N2OS/c1-9(8-15-3)11(14)13-6-4-5-10(13)7-12-2/h9-10,12H,4-8H2,1-3H3. The lowest BCUT2D eigenvalue weighted by atomic mass is 10.1. The minimum atomic E-state index is 0.164. The zero-order valence-electron chi connectivity index (χ0n) is 9.95. The molecule has 0 aromatic carbocycles. The highest BCUT2D eigenvalue weighted by Crippen LogP contribution is 2.20. The lowest BCUT2D eigenvalue weighted by Crippen LogP contribution is -2.43. The average molecular weight is 230 g/mol. The summed E-state index contributed by atoms with van der Waals surface area (Å²) in [5.41, 5.74) is 0. The summed E-state index contributed by atoms with van der Waals surface area (Å²) >= 11 is 1.75. The number of amides is 1. The Labute approximate surface area is 97.0 Å². The van der Waals surface area contributed by atoms with E-state index in [0.29, 0.717) is 11.9 Å². The van der Waals surface area contributed by atoms with E-state index in [4.69, 9.17) is 0 Å². The molecule has 1 rings (SSSR count). The first kappa shape index (κ1) is 12.8. The van der Waals surface area contributed by atoms with Crippen molar-refractivity contribution in [3.63, 3.8) is 0 Å². The van der Waals surface area contributed by atoms with Gasteiger partial charge in [0.15, 0.2) is 0 Å². The Kier molecular flexibility index (Phi) is 5.47. The molecule has 1 N–H and O–H groups in total. The van der Waals surface area contributed by atoms with Crippen LogP contribution >= 0.6 is 11.8 Å². The van der Waals surface area contributed by atoms with Crippen LogP contribution in [0, 0.1) is 5.92 Å². The lowest BCUT2D eigenvalue weighted by molar-refractivity contribution is -0.135. The summed E-state index contributed by atoms with van der Waals surface area (Å²) < 4.78 is 0. The van der Waals surface area contributed by atoms with Gasteiger partial charge in [-0.1, -0.05) is 6.92 Å². The largest absolute Gasteiger partial charge is 0.338 e. The van der Waals surface area contributed by atoms with Crippen LogP contribution in [-0.2, 0) is 4.79 Å². The van der Waals surface area contributed by atoms with Gasteiger partial charge in [-0.25, -0.2) is 0 Å². The molecule has 1 aliphatic rings. The van der Waals surface area contributed by atoms with Crippen LogP contribution in [0.25, 0.3) is 0 Å². The van der Waals surface area contributed by atoms with Gasteiger partial charge in [-0.2, -0.15) is 11.8 Å². The Morgan fingerprint density at radius 2 is 2.40 bits per heavy atom. The summed E-state index contributed by atoms with van der Waals surface area (Å²) in [5, 5.41) is 3.17. The number of nitrogens with one attached hydrogen (secondary N) is 1. The maximum Gasteiger partial charge on any atom is 0.226 e. The second-order valence-electron chi connectivity index (χ2n) is 4.24. The molecular weight excluding hydrogens is 208 g/mol. The molecule has 2 unspecified atom stereocenters. The molecule has 0 saturated carbocycles. The quantitative estimate of drug-likeness (QED) is 0.770. The summed E-state index contributed by atoms with van der Waals surface area (Å²) in [5.74, 6) is 1.43. The van der Waals surface area contributed by atoms with Gasteiger partial charge in [0.25, 0.3) is 0 Å². The number of carbonyl (C=O) groups excluding carboxylic acids is 1. The Hall–Kier alpha value is -0.220. The third-order valence-electron chi connectivity index (χ3n) is 2.94. The van der Waals surface area contributed by atoms with E-state index in [9.17, 15) is 4.79 Å². The fraction of sp³-hybridized carbons (Fsp3) is 0.909. The highest BCUT2D eigenvalue weighted by atomic mass is 32.2. The zero-order valence-corrected chi connectivity index (χ0v) is 10.8. The highest BCUT2D eigenvalue weighted by molar-refractivity contribution is 7.98. The third kappa shape index (κ3) is 3.38. The Morgan fingerprint density at radius 3 is 3.00 bits per heavy atom. The van der Waals surface area contributed by atoms with E-state index in [0.717, 1.165) is 31.7 Å². The molecule has 0 aromatic heterocycles. The second kappa shape index (κ2) is 6.38. The minimum absolute atomic E-state index is 0.164. The molecule has 3 nitrogen and oxygen atoms in total. The maximum absolute atomic E-state index is 12.1. The fourth-order valence-corrected chi connectivity index (χ4v) is 2.82.